The van der Waals surface area contributed by atoms with Gasteiger partial charge in [0.1, 0.15) is 0 Å². The van der Waals surface area contributed by atoms with E-state index in [4.69, 9.17) is 0 Å². The van der Waals surface area contributed by atoms with Crippen molar-refractivity contribution >= 4 is 6.21 Å². The molecule has 1 aromatic carbocycles. The molecule has 5 heteroatoms. The van der Waals surface area contributed by atoms with E-state index in [2.05, 4.69) is 4.99 Å². The van der Waals surface area contributed by atoms with Gasteiger partial charge in [0, 0.05) is 12.3 Å². The molecule has 1 atom stereocenters. The predicted octanol–water partition coefficient (Wildman–Crippen LogP) is 2.92. The van der Waals surface area contributed by atoms with Crippen molar-refractivity contribution in [3.63, 3.8) is 0 Å². The lowest BCUT2D eigenvalue weighted by Crippen LogP contribution is -2.44. The van der Waals surface area contributed by atoms with Crippen molar-refractivity contribution < 1.29 is 18.3 Å². The Labute approximate surface area is 97.8 Å². The molecule has 0 aromatic heterocycles. The lowest BCUT2D eigenvalue weighted by Gasteiger charge is -2.27. The topological polar surface area (TPSA) is 32.6 Å². The number of rotatable bonds is 3. The van der Waals surface area contributed by atoms with Crippen LogP contribution in [0, 0.1) is 0 Å². The van der Waals surface area contributed by atoms with Gasteiger partial charge in [-0.15, -0.1) is 0 Å². The van der Waals surface area contributed by atoms with Gasteiger partial charge in [0.15, 0.2) is 0 Å². The van der Waals surface area contributed by atoms with E-state index >= 15 is 0 Å². The summed E-state index contributed by atoms with van der Waals surface area (Å²) in [5.74, 6) is 0. The highest BCUT2D eigenvalue weighted by molar-refractivity contribution is 5.72. The fourth-order valence-corrected chi connectivity index (χ4v) is 1.26. The van der Waals surface area contributed by atoms with E-state index in [9.17, 15) is 18.3 Å². The van der Waals surface area contributed by atoms with Gasteiger partial charge in [-0.25, -0.2) is 0 Å². The molecule has 2 nitrogen and oxygen atoms in total. The van der Waals surface area contributed by atoms with Gasteiger partial charge in [-0.3, -0.25) is 4.99 Å². The molecule has 0 bridgehead atoms. The van der Waals surface area contributed by atoms with Gasteiger partial charge < -0.3 is 5.11 Å². The minimum Gasteiger partial charge on any atom is -0.371 e. The van der Waals surface area contributed by atoms with Gasteiger partial charge in [0.2, 0.25) is 5.60 Å². The summed E-state index contributed by atoms with van der Waals surface area (Å²) in [6.45, 7) is 3.27. The second-order valence-corrected chi connectivity index (χ2v) is 4.00. The van der Waals surface area contributed by atoms with Crippen molar-refractivity contribution in [3.05, 3.63) is 35.9 Å². The average Bonchev–Trinajstić information content (AvgIpc) is 2.25. The van der Waals surface area contributed by atoms with Crippen LogP contribution in [0.25, 0.3) is 0 Å². The van der Waals surface area contributed by atoms with Crippen molar-refractivity contribution in [2.45, 2.75) is 31.7 Å². The fraction of sp³-hybridized carbons (Fsp3) is 0.417. The maximum atomic E-state index is 12.9. The minimum atomic E-state index is -4.80. The van der Waals surface area contributed by atoms with Gasteiger partial charge in [-0.1, -0.05) is 30.3 Å². The van der Waals surface area contributed by atoms with E-state index in [1.165, 1.54) is 24.3 Å². The molecule has 94 valence electrons. The van der Waals surface area contributed by atoms with E-state index in [1.807, 2.05) is 0 Å². The number of aliphatic hydroxyl groups is 1. The van der Waals surface area contributed by atoms with E-state index < -0.39 is 11.8 Å². The summed E-state index contributed by atoms with van der Waals surface area (Å²) in [6.07, 6.45) is -4.24. The highest BCUT2D eigenvalue weighted by Crippen LogP contribution is 2.37. The first-order valence-corrected chi connectivity index (χ1v) is 5.16. The Bertz CT molecular complexity index is 386. The number of aliphatic imine (C=N–C) groups is 1. The number of hydrogen-bond donors (Lipinski definition) is 1. The molecule has 1 rings (SSSR count). The molecule has 0 fully saturated rings. The lowest BCUT2D eigenvalue weighted by atomic mass is 9.94. The van der Waals surface area contributed by atoms with E-state index in [1.54, 1.807) is 19.9 Å². The molecule has 0 radical (unpaired) electrons. The Hall–Kier alpha value is -1.36. The standard InChI is InChI=1S/C12H14F3NO/c1-9(2)16-8-11(17,12(13,14)15)10-6-4-3-5-7-10/h3-9,17H,1-2H3. The quantitative estimate of drug-likeness (QED) is 0.816. The molecule has 0 aliphatic heterocycles. The fourth-order valence-electron chi connectivity index (χ4n) is 1.26. The Kier molecular flexibility index (Phi) is 3.93. The molecule has 1 N–H and O–H groups in total. The molecule has 0 spiro atoms. The molecule has 0 saturated heterocycles. The maximum absolute atomic E-state index is 12.9. The van der Waals surface area contributed by atoms with Crippen LogP contribution in [0.15, 0.2) is 35.3 Å². The molecule has 0 amide bonds. The van der Waals surface area contributed by atoms with Crippen LogP contribution in [0.2, 0.25) is 0 Å². The number of halogens is 3. The van der Waals surface area contributed by atoms with Crippen molar-refractivity contribution in [1.82, 2.24) is 0 Å². The normalized spacial score (nSPS) is 16.4. The first-order valence-electron chi connectivity index (χ1n) is 5.16. The first kappa shape index (κ1) is 13.7. The second-order valence-electron chi connectivity index (χ2n) is 4.00. The van der Waals surface area contributed by atoms with Crippen molar-refractivity contribution in [3.8, 4) is 0 Å². The zero-order valence-electron chi connectivity index (χ0n) is 9.57. The molecule has 0 saturated carbocycles. The van der Waals surface area contributed by atoms with Crippen molar-refractivity contribution in [2.75, 3.05) is 0 Å². The largest absolute Gasteiger partial charge is 0.426 e. The zero-order valence-corrected chi connectivity index (χ0v) is 9.57. The molecule has 0 heterocycles. The van der Waals surface area contributed by atoms with Gasteiger partial charge in [0.05, 0.1) is 0 Å². The van der Waals surface area contributed by atoms with Crippen LogP contribution < -0.4 is 0 Å². The summed E-state index contributed by atoms with van der Waals surface area (Å²) in [7, 11) is 0. The Balaban J connectivity index is 3.21. The van der Waals surface area contributed by atoms with E-state index in [0.717, 1.165) is 0 Å². The van der Waals surface area contributed by atoms with Crippen LogP contribution >= 0.6 is 0 Å². The minimum absolute atomic E-state index is 0.239. The maximum Gasteiger partial charge on any atom is 0.426 e. The zero-order chi connectivity index (χ0) is 13.1. The molecule has 1 aromatic rings. The summed E-state index contributed by atoms with van der Waals surface area (Å²) >= 11 is 0. The third-order valence-corrected chi connectivity index (χ3v) is 2.21. The number of hydrogen-bond acceptors (Lipinski definition) is 2. The Morgan fingerprint density at radius 3 is 2.12 bits per heavy atom. The number of alkyl halides is 3. The molecular formula is C12H14F3NO. The van der Waals surface area contributed by atoms with Crippen LogP contribution in [0.5, 0.6) is 0 Å². The van der Waals surface area contributed by atoms with Crippen molar-refractivity contribution in [1.29, 1.82) is 0 Å². The first-order chi connectivity index (χ1) is 7.77. The third-order valence-electron chi connectivity index (χ3n) is 2.21. The Morgan fingerprint density at radius 1 is 1.18 bits per heavy atom. The third kappa shape index (κ3) is 3.06. The van der Waals surface area contributed by atoms with Crippen LogP contribution in [0.3, 0.4) is 0 Å². The Morgan fingerprint density at radius 2 is 1.71 bits per heavy atom. The smallest absolute Gasteiger partial charge is 0.371 e. The summed E-state index contributed by atoms with van der Waals surface area (Å²) in [5.41, 5.74) is -3.27. The van der Waals surface area contributed by atoms with Crippen LogP contribution in [0.1, 0.15) is 19.4 Å². The van der Waals surface area contributed by atoms with Crippen LogP contribution in [-0.4, -0.2) is 23.5 Å². The molecule has 0 aliphatic rings. The molecular weight excluding hydrogens is 231 g/mol. The molecule has 0 aliphatic carbocycles. The van der Waals surface area contributed by atoms with Gasteiger partial charge in [-0.2, -0.15) is 13.2 Å². The monoisotopic (exact) mass is 245 g/mol. The summed E-state index contributed by atoms with van der Waals surface area (Å²) < 4.78 is 38.7. The number of nitrogens with zero attached hydrogens (tertiary/aromatic N) is 1. The summed E-state index contributed by atoms with van der Waals surface area (Å²) in [4.78, 5) is 3.64. The van der Waals surface area contributed by atoms with E-state index in [-0.39, 0.29) is 11.6 Å². The van der Waals surface area contributed by atoms with Crippen molar-refractivity contribution in [2.24, 2.45) is 4.99 Å². The van der Waals surface area contributed by atoms with Crippen LogP contribution in [0.4, 0.5) is 13.2 Å². The van der Waals surface area contributed by atoms with Crippen LogP contribution in [-0.2, 0) is 5.60 Å². The highest BCUT2D eigenvalue weighted by Gasteiger charge is 2.54. The van der Waals surface area contributed by atoms with Gasteiger partial charge in [-0.05, 0) is 19.4 Å². The highest BCUT2D eigenvalue weighted by atomic mass is 19.4. The second kappa shape index (κ2) is 4.87. The van der Waals surface area contributed by atoms with Gasteiger partial charge >= 0.3 is 6.18 Å². The number of benzene rings is 1. The lowest BCUT2D eigenvalue weighted by molar-refractivity contribution is -0.233. The molecule has 1 unspecified atom stereocenters. The molecule has 17 heavy (non-hydrogen) atoms. The SMILES string of the molecule is CC(C)N=CC(O)(c1ccccc1)C(F)(F)F. The summed E-state index contributed by atoms with van der Waals surface area (Å²) in [5, 5.41) is 9.79. The van der Waals surface area contributed by atoms with Gasteiger partial charge in [0.25, 0.3) is 0 Å². The average molecular weight is 245 g/mol. The summed E-state index contributed by atoms with van der Waals surface area (Å²) in [6, 6.07) is 6.59. The predicted molar refractivity (Wildman–Crippen MR) is 60.0 cm³/mol. The van der Waals surface area contributed by atoms with E-state index in [0.29, 0.717) is 6.21 Å².